The van der Waals surface area contributed by atoms with Gasteiger partial charge in [0.15, 0.2) is 0 Å². The summed E-state index contributed by atoms with van der Waals surface area (Å²) in [7, 11) is 0. The van der Waals surface area contributed by atoms with Crippen LogP contribution in [0, 0.1) is 0 Å². The first-order chi connectivity index (χ1) is 5.36. The molecule has 2 aliphatic heterocycles. The smallest absolute Gasteiger partial charge is 0.120 e. The molecule has 2 aliphatic rings. The third-order valence-corrected chi connectivity index (χ3v) is 2.17. The van der Waals surface area contributed by atoms with Crippen molar-refractivity contribution >= 4 is 11.6 Å². The summed E-state index contributed by atoms with van der Waals surface area (Å²) in [6.45, 7) is 1.53. The Balaban J connectivity index is 2.20. The van der Waals surface area contributed by atoms with Crippen molar-refractivity contribution in [1.29, 1.82) is 0 Å². The molecular formula is C8H10ClNO. The Morgan fingerprint density at radius 2 is 2.55 bits per heavy atom. The molecule has 1 N–H and O–H groups in total. The normalized spacial score (nSPS) is 29.7. The molecule has 1 atom stereocenters. The van der Waals surface area contributed by atoms with E-state index in [0.717, 1.165) is 19.6 Å². The third kappa shape index (κ3) is 1.42. The lowest BCUT2D eigenvalue weighted by Gasteiger charge is -2.25. The lowest BCUT2D eigenvalue weighted by Crippen LogP contribution is -2.29. The van der Waals surface area contributed by atoms with Crippen LogP contribution in [0.25, 0.3) is 0 Å². The van der Waals surface area contributed by atoms with Crippen LogP contribution >= 0.6 is 11.6 Å². The molecule has 11 heavy (non-hydrogen) atoms. The predicted octanol–water partition coefficient (Wildman–Crippen LogP) is 1.39. The predicted molar refractivity (Wildman–Crippen MR) is 44.4 cm³/mol. The van der Waals surface area contributed by atoms with Gasteiger partial charge in [-0.1, -0.05) is 17.7 Å². The second-order valence-corrected chi connectivity index (χ2v) is 3.18. The van der Waals surface area contributed by atoms with E-state index < -0.39 is 0 Å². The summed E-state index contributed by atoms with van der Waals surface area (Å²) < 4.78 is 5.28. The highest BCUT2D eigenvalue weighted by molar-refractivity contribution is 6.21. The third-order valence-electron chi connectivity index (χ3n) is 1.92. The number of rotatable bonds is 0. The fourth-order valence-corrected chi connectivity index (χ4v) is 1.54. The maximum absolute atomic E-state index is 5.86. The summed E-state index contributed by atoms with van der Waals surface area (Å²) in [6, 6.07) is 0. The summed E-state index contributed by atoms with van der Waals surface area (Å²) in [5.74, 6) is 0. The minimum Gasteiger partial charge on any atom is -0.376 e. The van der Waals surface area contributed by atoms with Crippen LogP contribution in [0.15, 0.2) is 23.4 Å². The molecule has 0 bridgehead atoms. The molecule has 0 aliphatic carbocycles. The molecule has 60 valence electrons. The lowest BCUT2D eigenvalue weighted by molar-refractivity contribution is 0.145. The molecule has 0 saturated heterocycles. The van der Waals surface area contributed by atoms with E-state index in [2.05, 4.69) is 5.32 Å². The SMILES string of the molecule is ClC1C=CC2=C(CCOC2)N1. The molecule has 2 rings (SSSR count). The van der Waals surface area contributed by atoms with Crippen LogP contribution < -0.4 is 5.32 Å². The van der Waals surface area contributed by atoms with E-state index in [1.807, 2.05) is 12.2 Å². The van der Waals surface area contributed by atoms with Gasteiger partial charge in [0.1, 0.15) is 5.50 Å². The molecule has 0 amide bonds. The summed E-state index contributed by atoms with van der Waals surface area (Å²) in [5.41, 5.74) is 2.46. The number of hydrogen-bond acceptors (Lipinski definition) is 2. The molecule has 0 aromatic heterocycles. The highest BCUT2D eigenvalue weighted by Crippen LogP contribution is 2.19. The van der Waals surface area contributed by atoms with E-state index in [-0.39, 0.29) is 5.50 Å². The van der Waals surface area contributed by atoms with Crippen molar-refractivity contribution in [2.24, 2.45) is 0 Å². The van der Waals surface area contributed by atoms with Crippen molar-refractivity contribution in [3.8, 4) is 0 Å². The first-order valence-electron chi connectivity index (χ1n) is 3.75. The van der Waals surface area contributed by atoms with E-state index in [9.17, 15) is 0 Å². The van der Waals surface area contributed by atoms with Crippen LogP contribution in [0.3, 0.4) is 0 Å². The average Bonchev–Trinajstić information content (AvgIpc) is 2.04. The lowest BCUT2D eigenvalue weighted by atomic mass is 10.1. The first-order valence-corrected chi connectivity index (χ1v) is 4.18. The maximum Gasteiger partial charge on any atom is 0.120 e. The largest absolute Gasteiger partial charge is 0.376 e. The topological polar surface area (TPSA) is 21.3 Å². The summed E-state index contributed by atoms with van der Waals surface area (Å²) in [6.07, 6.45) is 4.95. The van der Waals surface area contributed by atoms with Gasteiger partial charge in [-0.2, -0.15) is 0 Å². The summed E-state index contributed by atoms with van der Waals surface area (Å²) >= 11 is 5.86. The molecule has 0 saturated carbocycles. The molecule has 0 fully saturated rings. The Kier molecular flexibility index (Phi) is 1.88. The monoisotopic (exact) mass is 171 g/mol. The van der Waals surface area contributed by atoms with Gasteiger partial charge in [0.25, 0.3) is 0 Å². The van der Waals surface area contributed by atoms with Gasteiger partial charge in [-0.05, 0) is 11.6 Å². The standard InChI is InChI=1S/C8H10ClNO/c9-8-2-1-6-5-11-4-3-7(6)10-8/h1-2,8,10H,3-5H2. The van der Waals surface area contributed by atoms with Gasteiger partial charge in [-0.15, -0.1) is 0 Å². The van der Waals surface area contributed by atoms with Gasteiger partial charge in [-0.3, -0.25) is 0 Å². The highest BCUT2D eigenvalue weighted by Gasteiger charge is 2.16. The summed E-state index contributed by atoms with van der Waals surface area (Å²) in [5, 5.41) is 3.20. The zero-order chi connectivity index (χ0) is 7.68. The van der Waals surface area contributed by atoms with Crippen LogP contribution in [-0.2, 0) is 4.74 Å². The zero-order valence-corrected chi connectivity index (χ0v) is 6.90. The molecule has 0 radical (unpaired) electrons. The second kappa shape index (κ2) is 2.88. The maximum atomic E-state index is 5.86. The number of dihydropyridines is 1. The highest BCUT2D eigenvalue weighted by atomic mass is 35.5. The Morgan fingerprint density at radius 1 is 1.64 bits per heavy atom. The van der Waals surface area contributed by atoms with Crippen LogP contribution in [0.1, 0.15) is 6.42 Å². The molecule has 0 spiro atoms. The van der Waals surface area contributed by atoms with E-state index in [0.29, 0.717) is 0 Å². The van der Waals surface area contributed by atoms with Crippen molar-refractivity contribution in [3.63, 3.8) is 0 Å². The molecule has 0 aromatic carbocycles. The minimum absolute atomic E-state index is 0.0353. The van der Waals surface area contributed by atoms with Crippen LogP contribution in [0.4, 0.5) is 0 Å². The first kappa shape index (κ1) is 7.19. The van der Waals surface area contributed by atoms with Crippen LogP contribution in [-0.4, -0.2) is 18.7 Å². The van der Waals surface area contributed by atoms with Crippen molar-refractivity contribution in [2.45, 2.75) is 11.9 Å². The molecular weight excluding hydrogens is 162 g/mol. The average molecular weight is 172 g/mol. The van der Waals surface area contributed by atoms with E-state index in [1.54, 1.807) is 0 Å². The van der Waals surface area contributed by atoms with Gasteiger partial charge in [-0.25, -0.2) is 0 Å². The van der Waals surface area contributed by atoms with Gasteiger partial charge in [0.2, 0.25) is 0 Å². The van der Waals surface area contributed by atoms with E-state index in [1.165, 1.54) is 11.3 Å². The van der Waals surface area contributed by atoms with Crippen molar-refractivity contribution in [2.75, 3.05) is 13.2 Å². The van der Waals surface area contributed by atoms with Gasteiger partial charge >= 0.3 is 0 Å². The summed E-state index contributed by atoms with van der Waals surface area (Å²) in [4.78, 5) is 0. The quantitative estimate of drug-likeness (QED) is 0.439. The van der Waals surface area contributed by atoms with Crippen molar-refractivity contribution in [3.05, 3.63) is 23.4 Å². The number of ether oxygens (including phenoxy) is 1. The Morgan fingerprint density at radius 3 is 3.45 bits per heavy atom. The second-order valence-electron chi connectivity index (χ2n) is 2.71. The van der Waals surface area contributed by atoms with E-state index in [4.69, 9.17) is 16.3 Å². The number of nitrogens with one attached hydrogen (secondary N) is 1. The number of alkyl halides is 1. The minimum atomic E-state index is -0.0353. The van der Waals surface area contributed by atoms with Crippen LogP contribution in [0.5, 0.6) is 0 Å². The fraction of sp³-hybridized carbons (Fsp3) is 0.500. The van der Waals surface area contributed by atoms with E-state index >= 15 is 0 Å². The van der Waals surface area contributed by atoms with Gasteiger partial charge in [0, 0.05) is 12.1 Å². The fourth-order valence-electron chi connectivity index (χ4n) is 1.33. The van der Waals surface area contributed by atoms with Gasteiger partial charge < -0.3 is 10.1 Å². The Labute approximate surface area is 70.9 Å². The Hall–Kier alpha value is -0.470. The molecule has 3 heteroatoms. The van der Waals surface area contributed by atoms with Crippen LogP contribution in [0.2, 0.25) is 0 Å². The molecule has 1 unspecified atom stereocenters. The van der Waals surface area contributed by atoms with Crippen molar-refractivity contribution in [1.82, 2.24) is 5.32 Å². The number of hydrogen-bond donors (Lipinski definition) is 1. The molecule has 0 aromatic rings. The molecule has 2 heterocycles. The molecule has 2 nitrogen and oxygen atoms in total. The van der Waals surface area contributed by atoms with Crippen molar-refractivity contribution < 1.29 is 4.74 Å². The van der Waals surface area contributed by atoms with Gasteiger partial charge in [0.05, 0.1) is 13.2 Å². The zero-order valence-electron chi connectivity index (χ0n) is 6.14. The number of halogens is 1. The Bertz CT molecular complexity index is 222.